The first kappa shape index (κ1) is 18.9. The molecule has 1 saturated heterocycles. The zero-order valence-electron chi connectivity index (χ0n) is 13.9. The minimum Gasteiger partial charge on any atom is -0.481 e. The minimum absolute atomic E-state index is 0.0266. The summed E-state index contributed by atoms with van der Waals surface area (Å²) in [6.45, 7) is -1.21. The molecule has 0 aromatic heterocycles. The number of anilines is 1. The average molecular weight is 387 g/mol. The molecule has 2 aliphatic rings. The number of nitrogens with zero attached hydrogens (tertiary/aromatic N) is 2. The van der Waals surface area contributed by atoms with Crippen LogP contribution in [0.2, 0.25) is 0 Å². The number of alkyl halides is 3. The molecule has 1 aromatic rings. The number of nitrogens with one attached hydrogen (secondary N) is 1. The molecule has 1 aliphatic heterocycles. The van der Waals surface area contributed by atoms with Crippen molar-refractivity contribution >= 4 is 23.3 Å². The molecular formula is C16H16F3N3O5. The fourth-order valence-electron chi connectivity index (χ4n) is 3.16. The summed E-state index contributed by atoms with van der Waals surface area (Å²) in [5.41, 5.74) is -0.648. The van der Waals surface area contributed by atoms with Crippen LogP contribution in [0.4, 0.5) is 24.5 Å². The van der Waals surface area contributed by atoms with Gasteiger partial charge in [-0.05, 0) is 25.0 Å². The number of carboxylic acids is 1. The number of rotatable bonds is 5. The predicted octanol–water partition coefficient (Wildman–Crippen LogP) is 2.19. The largest absolute Gasteiger partial charge is 0.481 e. The van der Waals surface area contributed by atoms with Crippen LogP contribution < -0.4 is 10.2 Å². The summed E-state index contributed by atoms with van der Waals surface area (Å²) in [5.74, 6) is -5.96. The number of nitro benzene ring substituents is 1. The van der Waals surface area contributed by atoms with Gasteiger partial charge in [-0.3, -0.25) is 19.7 Å². The summed E-state index contributed by atoms with van der Waals surface area (Å²) in [7, 11) is 0. The van der Waals surface area contributed by atoms with Gasteiger partial charge in [-0.15, -0.1) is 0 Å². The molecule has 0 spiro atoms. The highest BCUT2D eigenvalue weighted by Gasteiger charge is 2.53. The second kappa shape index (κ2) is 6.71. The summed E-state index contributed by atoms with van der Waals surface area (Å²) in [5, 5.41) is 23.1. The van der Waals surface area contributed by atoms with E-state index in [9.17, 15) is 32.9 Å². The number of benzene rings is 1. The Morgan fingerprint density at radius 2 is 1.93 bits per heavy atom. The van der Waals surface area contributed by atoms with Crippen LogP contribution in [0, 0.1) is 22.0 Å². The van der Waals surface area contributed by atoms with Gasteiger partial charge in [-0.1, -0.05) is 0 Å². The number of nitro groups is 1. The second-order valence-electron chi connectivity index (χ2n) is 6.71. The van der Waals surface area contributed by atoms with Gasteiger partial charge in [0, 0.05) is 30.8 Å². The molecule has 2 N–H and O–H groups in total. The molecular weight excluding hydrogens is 371 g/mol. The van der Waals surface area contributed by atoms with Crippen molar-refractivity contribution < 1.29 is 32.8 Å². The third-order valence-corrected chi connectivity index (χ3v) is 4.75. The smallest absolute Gasteiger partial charge is 0.394 e. The van der Waals surface area contributed by atoms with Gasteiger partial charge in [0.1, 0.15) is 5.69 Å². The Morgan fingerprint density at radius 1 is 1.26 bits per heavy atom. The van der Waals surface area contributed by atoms with E-state index in [4.69, 9.17) is 5.11 Å². The standard InChI is InChI=1S/C16H16F3N3O5/c17-16(18,19)11-7-21(6-10(11)15(24)25)12-4-1-8(5-13(12)22(26)27)14(23)20-9-2-3-9/h1,4-5,9-11H,2-3,6-7H2,(H,20,23)(H,24,25)/t10-,11-/m1/s1. The Hall–Kier alpha value is -2.85. The van der Waals surface area contributed by atoms with Crippen molar-refractivity contribution in [3.63, 3.8) is 0 Å². The zero-order valence-corrected chi connectivity index (χ0v) is 13.9. The van der Waals surface area contributed by atoms with Gasteiger partial charge in [-0.25, -0.2) is 0 Å². The summed E-state index contributed by atoms with van der Waals surface area (Å²) in [6.07, 6.45) is -3.08. The van der Waals surface area contributed by atoms with E-state index in [1.165, 1.54) is 12.1 Å². The van der Waals surface area contributed by atoms with Crippen LogP contribution >= 0.6 is 0 Å². The van der Waals surface area contributed by atoms with Crippen molar-refractivity contribution in [3.05, 3.63) is 33.9 Å². The number of carboxylic acid groups (broad SMARTS) is 1. The highest BCUT2D eigenvalue weighted by Crippen LogP contribution is 2.41. The number of carbonyl (C=O) groups excluding carboxylic acids is 1. The third kappa shape index (κ3) is 3.96. The van der Waals surface area contributed by atoms with Gasteiger partial charge < -0.3 is 15.3 Å². The Labute approximate surface area is 151 Å². The van der Waals surface area contributed by atoms with Crippen LogP contribution in [0.5, 0.6) is 0 Å². The van der Waals surface area contributed by atoms with E-state index in [1.807, 2.05) is 0 Å². The number of hydrogen-bond acceptors (Lipinski definition) is 5. The van der Waals surface area contributed by atoms with Crippen molar-refractivity contribution in [2.24, 2.45) is 11.8 Å². The molecule has 2 fully saturated rings. The monoisotopic (exact) mass is 387 g/mol. The van der Waals surface area contributed by atoms with Crippen LogP contribution in [0.15, 0.2) is 18.2 Å². The normalized spacial score (nSPS) is 22.6. The van der Waals surface area contributed by atoms with E-state index in [2.05, 4.69) is 5.32 Å². The van der Waals surface area contributed by atoms with Gasteiger partial charge in [0.05, 0.1) is 16.8 Å². The summed E-state index contributed by atoms with van der Waals surface area (Å²) in [6, 6.07) is 3.52. The Kier molecular flexibility index (Phi) is 4.70. The maximum absolute atomic E-state index is 13.1. The number of amides is 1. The molecule has 2 atom stereocenters. The first-order valence-electron chi connectivity index (χ1n) is 8.21. The van der Waals surface area contributed by atoms with Crippen LogP contribution in [0.3, 0.4) is 0 Å². The fourth-order valence-corrected chi connectivity index (χ4v) is 3.16. The quantitative estimate of drug-likeness (QED) is 0.592. The van der Waals surface area contributed by atoms with Crippen LogP contribution in [-0.2, 0) is 4.79 Å². The summed E-state index contributed by atoms with van der Waals surface area (Å²) >= 11 is 0. The molecule has 1 aromatic carbocycles. The highest BCUT2D eigenvalue weighted by atomic mass is 19.4. The Balaban J connectivity index is 1.90. The van der Waals surface area contributed by atoms with Crippen LogP contribution in [-0.4, -0.2) is 47.2 Å². The number of halogens is 3. The van der Waals surface area contributed by atoms with Gasteiger partial charge in [0.25, 0.3) is 11.6 Å². The van der Waals surface area contributed by atoms with Crippen molar-refractivity contribution in [1.29, 1.82) is 0 Å². The molecule has 0 bridgehead atoms. The first-order chi connectivity index (χ1) is 12.6. The maximum Gasteiger partial charge on any atom is 0.394 e. The molecule has 27 heavy (non-hydrogen) atoms. The maximum atomic E-state index is 13.1. The molecule has 11 heteroatoms. The SMILES string of the molecule is O=C(NC1CC1)c1ccc(N2C[C@@H](C(F)(F)F)[C@H](C(=O)O)C2)c([N+](=O)[O-])c1. The van der Waals surface area contributed by atoms with Gasteiger partial charge in [-0.2, -0.15) is 13.2 Å². The Bertz CT molecular complexity index is 794. The van der Waals surface area contributed by atoms with Gasteiger partial charge in [0.2, 0.25) is 0 Å². The molecule has 3 rings (SSSR count). The number of hydrogen-bond donors (Lipinski definition) is 2. The minimum atomic E-state index is -4.74. The van der Waals surface area contributed by atoms with Crippen molar-refractivity contribution in [1.82, 2.24) is 5.32 Å². The van der Waals surface area contributed by atoms with E-state index in [1.54, 1.807) is 0 Å². The predicted molar refractivity (Wildman–Crippen MR) is 86.5 cm³/mol. The van der Waals surface area contributed by atoms with E-state index >= 15 is 0 Å². The zero-order chi connectivity index (χ0) is 19.9. The molecule has 146 valence electrons. The van der Waals surface area contributed by atoms with Gasteiger partial charge in [0.15, 0.2) is 0 Å². The highest BCUT2D eigenvalue weighted by molar-refractivity contribution is 5.96. The third-order valence-electron chi connectivity index (χ3n) is 4.75. The molecule has 0 unspecified atom stereocenters. The van der Waals surface area contributed by atoms with E-state index in [0.29, 0.717) is 0 Å². The van der Waals surface area contributed by atoms with Crippen molar-refractivity contribution in [2.45, 2.75) is 25.1 Å². The van der Waals surface area contributed by atoms with Crippen molar-refractivity contribution in [2.75, 3.05) is 18.0 Å². The van der Waals surface area contributed by atoms with Crippen LogP contribution in [0.25, 0.3) is 0 Å². The molecule has 1 heterocycles. The topological polar surface area (TPSA) is 113 Å². The molecule has 8 nitrogen and oxygen atoms in total. The van der Waals surface area contributed by atoms with E-state index in [-0.39, 0.29) is 17.3 Å². The molecule has 1 saturated carbocycles. The molecule has 0 radical (unpaired) electrons. The van der Waals surface area contributed by atoms with Gasteiger partial charge >= 0.3 is 12.1 Å². The lowest BCUT2D eigenvalue weighted by Crippen LogP contribution is -2.33. The van der Waals surface area contributed by atoms with E-state index < -0.39 is 53.6 Å². The molecule has 1 aliphatic carbocycles. The lowest BCUT2D eigenvalue weighted by Gasteiger charge is -2.20. The second-order valence-corrected chi connectivity index (χ2v) is 6.71. The first-order valence-corrected chi connectivity index (χ1v) is 8.21. The summed E-state index contributed by atoms with van der Waals surface area (Å²) in [4.78, 5) is 34.9. The lowest BCUT2D eigenvalue weighted by molar-refractivity contribution is -0.384. The number of aliphatic carboxylic acids is 1. The molecule has 1 amide bonds. The van der Waals surface area contributed by atoms with E-state index in [0.717, 1.165) is 23.8 Å². The summed E-state index contributed by atoms with van der Waals surface area (Å²) < 4.78 is 39.4. The van der Waals surface area contributed by atoms with Crippen LogP contribution in [0.1, 0.15) is 23.2 Å². The van der Waals surface area contributed by atoms with Crippen molar-refractivity contribution in [3.8, 4) is 0 Å². The Morgan fingerprint density at radius 3 is 2.41 bits per heavy atom. The fraction of sp³-hybridized carbons (Fsp3) is 0.500. The number of carbonyl (C=O) groups is 2. The lowest BCUT2D eigenvalue weighted by atomic mass is 9.96. The average Bonchev–Trinajstić information content (AvgIpc) is 3.26.